The van der Waals surface area contributed by atoms with E-state index in [9.17, 15) is 4.79 Å². The van der Waals surface area contributed by atoms with Crippen LogP contribution in [0.1, 0.15) is 44.7 Å². The molecule has 4 rings (SSSR count). The third-order valence-corrected chi connectivity index (χ3v) is 6.08. The number of carbonyl (C=O) groups is 1. The molecule has 0 spiro atoms. The van der Waals surface area contributed by atoms with E-state index in [0.29, 0.717) is 11.8 Å². The fourth-order valence-electron chi connectivity index (χ4n) is 4.13. The average molecular weight is 353 g/mol. The van der Waals surface area contributed by atoms with Crippen LogP contribution in [-0.2, 0) is 4.79 Å². The van der Waals surface area contributed by atoms with Gasteiger partial charge in [-0.05, 0) is 42.4 Å². The van der Waals surface area contributed by atoms with Gasteiger partial charge in [-0.2, -0.15) is 5.10 Å². The number of hydrogen-bond acceptors (Lipinski definition) is 3. The number of hydrogen-bond donors (Lipinski definition) is 1. The third-order valence-electron chi connectivity index (χ3n) is 6.08. The minimum atomic E-state index is 0.205. The fraction of sp³-hybridized carbons (Fsp3) is 0.524. The number of nitrogens with one attached hydrogen (secondary N) is 1. The molecule has 1 saturated heterocycles. The number of benzene rings is 1. The number of aromatic nitrogens is 2. The highest BCUT2D eigenvalue weighted by atomic mass is 16.5. The number of methoxy groups -OCH3 is 1. The van der Waals surface area contributed by atoms with Crippen molar-refractivity contribution >= 4 is 5.91 Å². The molecule has 2 aliphatic rings. The molecule has 138 valence electrons. The van der Waals surface area contributed by atoms with Crippen molar-refractivity contribution in [3.8, 4) is 16.9 Å². The van der Waals surface area contributed by atoms with Crippen molar-refractivity contribution < 1.29 is 9.53 Å². The maximum atomic E-state index is 12.6. The Morgan fingerprint density at radius 1 is 1.31 bits per heavy atom. The van der Waals surface area contributed by atoms with E-state index in [1.54, 1.807) is 7.11 Å². The molecule has 1 aromatic heterocycles. The number of rotatable bonds is 4. The molecule has 0 radical (unpaired) electrons. The van der Waals surface area contributed by atoms with E-state index in [0.717, 1.165) is 49.2 Å². The molecule has 1 atom stereocenters. The smallest absolute Gasteiger partial charge is 0.226 e. The lowest BCUT2D eigenvalue weighted by atomic mass is 9.89. The number of piperidine rings is 1. The van der Waals surface area contributed by atoms with Crippen LogP contribution in [0.25, 0.3) is 11.1 Å². The number of amides is 1. The van der Waals surface area contributed by atoms with Crippen molar-refractivity contribution in [1.29, 1.82) is 0 Å². The van der Waals surface area contributed by atoms with Crippen LogP contribution in [0.15, 0.2) is 30.5 Å². The highest BCUT2D eigenvalue weighted by Crippen LogP contribution is 2.52. The first kappa shape index (κ1) is 17.1. The summed E-state index contributed by atoms with van der Waals surface area (Å²) in [6.45, 7) is 6.06. The van der Waals surface area contributed by atoms with Gasteiger partial charge < -0.3 is 9.64 Å². The van der Waals surface area contributed by atoms with E-state index in [-0.39, 0.29) is 11.3 Å². The van der Waals surface area contributed by atoms with Crippen LogP contribution < -0.4 is 4.74 Å². The highest BCUT2D eigenvalue weighted by Gasteiger charge is 2.52. The Labute approximate surface area is 154 Å². The normalized spacial score (nSPS) is 22.3. The molecule has 2 fully saturated rings. The highest BCUT2D eigenvalue weighted by molar-refractivity contribution is 5.82. The van der Waals surface area contributed by atoms with Crippen molar-refractivity contribution in [2.24, 2.45) is 11.3 Å². The largest absolute Gasteiger partial charge is 0.497 e. The molecule has 5 heteroatoms. The van der Waals surface area contributed by atoms with E-state index in [2.05, 4.69) is 35.0 Å². The van der Waals surface area contributed by atoms with Crippen LogP contribution in [0, 0.1) is 11.3 Å². The molecular weight excluding hydrogens is 326 g/mol. The van der Waals surface area contributed by atoms with E-state index in [4.69, 9.17) is 4.74 Å². The monoisotopic (exact) mass is 353 g/mol. The van der Waals surface area contributed by atoms with Crippen molar-refractivity contribution in [1.82, 2.24) is 15.1 Å². The van der Waals surface area contributed by atoms with Crippen LogP contribution in [0.4, 0.5) is 0 Å². The lowest BCUT2D eigenvalue weighted by Gasteiger charge is -2.32. The lowest BCUT2D eigenvalue weighted by Crippen LogP contribution is -2.39. The van der Waals surface area contributed by atoms with Gasteiger partial charge in [0.1, 0.15) is 5.75 Å². The van der Waals surface area contributed by atoms with E-state index < -0.39 is 0 Å². The van der Waals surface area contributed by atoms with Crippen LogP contribution in [-0.4, -0.2) is 41.2 Å². The summed E-state index contributed by atoms with van der Waals surface area (Å²) in [5, 5.41) is 7.50. The number of carbonyl (C=O) groups excluding carboxylic acids is 1. The van der Waals surface area contributed by atoms with E-state index in [1.165, 1.54) is 5.69 Å². The maximum absolute atomic E-state index is 12.6. The first-order chi connectivity index (χ1) is 12.5. The summed E-state index contributed by atoms with van der Waals surface area (Å²) in [5.74, 6) is 1.85. The fourth-order valence-corrected chi connectivity index (χ4v) is 4.13. The van der Waals surface area contributed by atoms with Gasteiger partial charge >= 0.3 is 0 Å². The quantitative estimate of drug-likeness (QED) is 0.908. The molecule has 26 heavy (non-hydrogen) atoms. The van der Waals surface area contributed by atoms with Gasteiger partial charge in [0, 0.05) is 36.2 Å². The van der Waals surface area contributed by atoms with Gasteiger partial charge in [-0.3, -0.25) is 9.89 Å². The molecule has 0 bridgehead atoms. The zero-order chi connectivity index (χ0) is 18.3. The average Bonchev–Trinajstić information content (AvgIpc) is 3.08. The van der Waals surface area contributed by atoms with E-state index >= 15 is 0 Å². The summed E-state index contributed by atoms with van der Waals surface area (Å²) in [4.78, 5) is 14.7. The van der Waals surface area contributed by atoms with Crippen LogP contribution in [0.2, 0.25) is 0 Å². The Hall–Kier alpha value is -2.30. The Bertz CT molecular complexity index is 803. The van der Waals surface area contributed by atoms with Crippen molar-refractivity contribution in [3.05, 3.63) is 36.2 Å². The molecule has 1 unspecified atom stereocenters. The summed E-state index contributed by atoms with van der Waals surface area (Å²) in [5.41, 5.74) is 3.64. The first-order valence-corrected chi connectivity index (χ1v) is 9.46. The number of nitrogens with zero attached hydrogens (tertiary/aromatic N) is 2. The molecule has 1 aromatic carbocycles. The summed E-state index contributed by atoms with van der Waals surface area (Å²) in [6.07, 6.45) is 4.90. The number of H-pyrrole nitrogens is 1. The van der Waals surface area contributed by atoms with Crippen molar-refractivity contribution in [2.75, 3.05) is 20.2 Å². The second kappa shape index (κ2) is 6.45. The molecule has 2 aromatic rings. The minimum Gasteiger partial charge on any atom is -0.497 e. The zero-order valence-electron chi connectivity index (χ0n) is 15.8. The zero-order valence-corrected chi connectivity index (χ0v) is 15.8. The van der Waals surface area contributed by atoms with Crippen LogP contribution in [0.5, 0.6) is 5.75 Å². The third kappa shape index (κ3) is 3.11. The summed E-state index contributed by atoms with van der Waals surface area (Å²) in [7, 11) is 1.68. The van der Waals surface area contributed by atoms with Gasteiger partial charge in [0.05, 0.1) is 13.3 Å². The van der Waals surface area contributed by atoms with Crippen LogP contribution in [0.3, 0.4) is 0 Å². The molecule has 1 saturated carbocycles. The Kier molecular flexibility index (Phi) is 4.25. The van der Waals surface area contributed by atoms with Gasteiger partial charge in [-0.1, -0.05) is 26.0 Å². The Morgan fingerprint density at radius 3 is 2.69 bits per heavy atom. The molecule has 5 nitrogen and oxygen atoms in total. The maximum Gasteiger partial charge on any atom is 0.226 e. The standard InChI is InChI=1S/C21H27N3O2/c1-21(2)12-18(21)20(25)24-9-7-14(8-10-24)19-17(13-22-23-19)15-5-4-6-16(11-15)26-3/h4-6,11,13-14,18H,7-10,12H2,1-3H3,(H,22,23). The van der Waals surface area contributed by atoms with Crippen LogP contribution >= 0.6 is 0 Å². The van der Waals surface area contributed by atoms with Gasteiger partial charge in [0.15, 0.2) is 0 Å². The topological polar surface area (TPSA) is 58.2 Å². The summed E-state index contributed by atoms with van der Waals surface area (Å²) < 4.78 is 5.35. The van der Waals surface area contributed by atoms with Gasteiger partial charge in [0.25, 0.3) is 0 Å². The van der Waals surface area contributed by atoms with Crippen molar-refractivity contribution in [3.63, 3.8) is 0 Å². The molecular formula is C21H27N3O2. The van der Waals surface area contributed by atoms with Gasteiger partial charge in [-0.25, -0.2) is 0 Å². The number of ether oxygens (including phenoxy) is 1. The second-order valence-electron chi connectivity index (χ2n) is 8.27. The molecule has 1 aliphatic carbocycles. The minimum absolute atomic E-state index is 0.205. The Morgan fingerprint density at radius 2 is 2.04 bits per heavy atom. The predicted octanol–water partition coefficient (Wildman–Crippen LogP) is 3.84. The van der Waals surface area contributed by atoms with Crippen molar-refractivity contribution in [2.45, 2.75) is 39.0 Å². The number of likely N-dealkylation sites (tertiary alicyclic amines) is 1. The SMILES string of the molecule is COc1cccc(-c2cn[nH]c2C2CCN(C(=O)C3CC3(C)C)CC2)c1. The van der Waals surface area contributed by atoms with Gasteiger partial charge in [-0.15, -0.1) is 0 Å². The summed E-state index contributed by atoms with van der Waals surface area (Å²) in [6, 6.07) is 8.09. The van der Waals surface area contributed by atoms with Gasteiger partial charge in [0.2, 0.25) is 5.91 Å². The molecule has 1 aliphatic heterocycles. The Balaban J connectivity index is 1.46. The lowest BCUT2D eigenvalue weighted by molar-refractivity contribution is -0.134. The molecule has 1 N–H and O–H groups in total. The first-order valence-electron chi connectivity index (χ1n) is 9.46. The predicted molar refractivity (Wildman–Crippen MR) is 101 cm³/mol. The van der Waals surface area contributed by atoms with E-state index in [1.807, 2.05) is 24.4 Å². The molecule has 2 heterocycles. The molecule has 1 amide bonds. The second-order valence-corrected chi connectivity index (χ2v) is 8.27. The number of aromatic amines is 1. The summed E-state index contributed by atoms with van der Waals surface area (Å²) >= 11 is 0.